The van der Waals surface area contributed by atoms with Crippen LogP contribution in [0.15, 0.2) is 18.6 Å². The molecule has 0 aliphatic heterocycles. The Balaban J connectivity index is 2.00. The Bertz CT molecular complexity index is 288. The molecule has 0 aliphatic rings. The van der Waals surface area contributed by atoms with Crippen molar-refractivity contribution >= 4 is 5.97 Å². The molecular weight excluding hydrogens is 192 g/mol. The van der Waals surface area contributed by atoms with Crippen molar-refractivity contribution in [1.29, 1.82) is 0 Å². The van der Waals surface area contributed by atoms with E-state index in [1.54, 1.807) is 18.6 Å². The van der Waals surface area contributed by atoms with Gasteiger partial charge in [0.15, 0.2) is 0 Å². The number of carbonyl (C=O) groups is 1. The van der Waals surface area contributed by atoms with E-state index in [9.17, 15) is 4.79 Å². The molecule has 1 N–H and O–H groups in total. The lowest BCUT2D eigenvalue weighted by Crippen LogP contribution is -1.94. The minimum atomic E-state index is -0.705. The number of aliphatic carboxylic acids is 1. The summed E-state index contributed by atoms with van der Waals surface area (Å²) in [5, 5.41) is 8.43. The van der Waals surface area contributed by atoms with Gasteiger partial charge in [-0.05, 0) is 19.3 Å². The molecule has 0 unspecified atom stereocenters. The van der Waals surface area contributed by atoms with Gasteiger partial charge >= 0.3 is 5.97 Å². The number of aromatic nitrogens is 2. The second kappa shape index (κ2) is 6.92. The summed E-state index contributed by atoms with van der Waals surface area (Å²) in [6, 6.07) is 0. The van der Waals surface area contributed by atoms with Crippen LogP contribution in [0.5, 0.6) is 0 Å². The quantitative estimate of drug-likeness (QED) is 0.696. The van der Waals surface area contributed by atoms with Gasteiger partial charge in [-0.3, -0.25) is 14.8 Å². The maximum atomic E-state index is 10.2. The first-order valence-corrected chi connectivity index (χ1v) is 5.26. The monoisotopic (exact) mass is 208 g/mol. The number of hydrogen-bond acceptors (Lipinski definition) is 3. The average Bonchev–Trinajstić information content (AvgIpc) is 2.24. The summed E-state index contributed by atoms with van der Waals surface area (Å²) >= 11 is 0. The van der Waals surface area contributed by atoms with Crippen LogP contribution in [-0.4, -0.2) is 21.0 Å². The third kappa shape index (κ3) is 5.78. The fourth-order valence-electron chi connectivity index (χ4n) is 1.39. The van der Waals surface area contributed by atoms with E-state index in [1.807, 2.05) is 0 Å². The van der Waals surface area contributed by atoms with Crippen LogP contribution in [0.4, 0.5) is 0 Å². The SMILES string of the molecule is O=C(O)CCCCCCc1cnccn1. The van der Waals surface area contributed by atoms with Crippen LogP contribution in [0.2, 0.25) is 0 Å². The molecule has 1 aromatic heterocycles. The highest BCUT2D eigenvalue weighted by atomic mass is 16.4. The largest absolute Gasteiger partial charge is 0.481 e. The van der Waals surface area contributed by atoms with Crippen molar-refractivity contribution in [2.24, 2.45) is 0 Å². The summed E-state index contributed by atoms with van der Waals surface area (Å²) in [4.78, 5) is 18.4. The zero-order valence-corrected chi connectivity index (χ0v) is 8.72. The summed E-state index contributed by atoms with van der Waals surface area (Å²) in [5.41, 5.74) is 1.01. The van der Waals surface area contributed by atoms with Gasteiger partial charge in [-0.2, -0.15) is 0 Å². The van der Waals surface area contributed by atoms with Gasteiger partial charge < -0.3 is 5.11 Å². The van der Waals surface area contributed by atoms with Crippen LogP contribution in [0, 0.1) is 0 Å². The van der Waals surface area contributed by atoms with Crippen molar-refractivity contribution in [2.75, 3.05) is 0 Å². The van der Waals surface area contributed by atoms with Crippen LogP contribution in [0.1, 0.15) is 37.8 Å². The standard InChI is InChI=1S/C11H16N2O2/c14-11(15)6-4-2-1-3-5-10-9-12-7-8-13-10/h7-9H,1-6H2,(H,14,15). The predicted molar refractivity (Wildman–Crippen MR) is 56.5 cm³/mol. The molecule has 0 saturated carbocycles. The fourth-order valence-corrected chi connectivity index (χ4v) is 1.39. The average molecular weight is 208 g/mol. The van der Waals surface area contributed by atoms with Crippen LogP contribution in [-0.2, 0) is 11.2 Å². The molecule has 4 nitrogen and oxygen atoms in total. The Labute approximate surface area is 89.4 Å². The molecule has 0 aromatic carbocycles. The molecule has 1 heterocycles. The van der Waals surface area contributed by atoms with Gasteiger partial charge in [-0.1, -0.05) is 12.8 Å². The van der Waals surface area contributed by atoms with Crippen LogP contribution in [0.3, 0.4) is 0 Å². The van der Waals surface area contributed by atoms with E-state index in [0.717, 1.165) is 37.8 Å². The molecule has 0 radical (unpaired) electrons. The van der Waals surface area contributed by atoms with E-state index >= 15 is 0 Å². The second-order valence-electron chi connectivity index (χ2n) is 3.50. The number of unbranched alkanes of at least 4 members (excludes halogenated alkanes) is 3. The molecule has 15 heavy (non-hydrogen) atoms. The van der Waals surface area contributed by atoms with Gasteiger partial charge in [0, 0.05) is 25.0 Å². The Morgan fingerprint density at radius 2 is 2.00 bits per heavy atom. The molecule has 1 aromatic rings. The molecule has 0 bridgehead atoms. The predicted octanol–water partition coefficient (Wildman–Crippen LogP) is 2.05. The molecule has 0 saturated heterocycles. The lowest BCUT2D eigenvalue weighted by molar-refractivity contribution is -0.137. The lowest BCUT2D eigenvalue weighted by atomic mass is 10.1. The van der Waals surface area contributed by atoms with Gasteiger partial charge in [0.05, 0.1) is 5.69 Å². The van der Waals surface area contributed by atoms with E-state index in [-0.39, 0.29) is 6.42 Å². The van der Waals surface area contributed by atoms with Crippen LogP contribution < -0.4 is 0 Å². The zero-order valence-electron chi connectivity index (χ0n) is 8.72. The lowest BCUT2D eigenvalue weighted by Gasteiger charge is -1.99. The molecule has 1 rings (SSSR count). The van der Waals surface area contributed by atoms with E-state index in [1.165, 1.54) is 0 Å². The first-order valence-electron chi connectivity index (χ1n) is 5.26. The highest BCUT2D eigenvalue weighted by molar-refractivity contribution is 5.66. The maximum Gasteiger partial charge on any atom is 0.303 e. The maximum absolute atomic E-state index is 10.2. The van der Waals surface area contributed by atoms with E-state index < -0.39 is 5.97 Å². The molecule has 0 atom stereocenters. The summed E-state index contributed by atoms with van der Waals surface area (Å²) in [6.45, 7) is 0. The highest BCUT2D eigenvalue weighted by Gasteiger charge is 1.97. The molecule has 0 fully saturated rings. The van der Waals surface area contributed by atoms with Crippen molar-refractivity contribution in [2.45, 2.75) is 38.5 Å². The summed E-state index contributed by atoms with van der Waals surface area (Å²) < 4.78 is 0. The number of aryl methyl sites for hydroxylation is 1. The number of carboxylic acids is 1. The number of nitrogens with zero attached hydrogens (tertiary/aromatic N) is 2. The minimum absolute atomic E-state index is 0.283. The van der Waals surface area contributed by atoms with Gasteiger partial charge in [-0.15, -0.1) is 0 Å². The van der Waals surface area contributed by atoms with Gasteiger partial charge in [-0.25, -0.2) is 0 Å². The molecule has 0 spiro atoms. The van der Waals surface area contributed by atoms with Crippen molar-refractivity contribution in [3.63, 3.8) is 0 Å². The first kappa shape index (κ1) is 11.6. The summed E-state index contributed by atoms with van der Waals surface area (Å²) in [7, 11) is 0. The van der Waals surface area contributed by atoms with E-state index in [2.05, 4.69) is 9.97 Å². The second-order valence-corrected chi connectivity index (χ2v) is 3.50. The molecule has 0 amide bonds. The number of hydrogen-bond donors (Lipinski definition) is 1. The molecule has 82 valence electrons. The van der Waals surface area contributed by atoms with Crippen molar-refractivity contribution < 1.29 is 9.90 Å². The Morgan fingerprint density at radius 3 is 2.67 bits per heavy atom. The first-order chi connectivity index (χ1) is 7.29. The van der Waals surface area contributed by atoms with Crippen molar-refractivity contribution in [1.82, 2.24) is 9.97 Å². The smallest absolute Gasteiger partial charge is 0.303 e. The van der Waals surface area contributed by atoms with Gasteiger partial charge in [0.25, 0.3) is 0 Å². The number of carboxylic acid groups (broad SMARTS) is 1. The number of rotatable bonds is 7. The van der Waals surface area contributed by atoms with Crippen molar-refractivity contribution in [3.8, 4) is 0 Å². The van der Waals surface area contributed by atoms with Crippen LogP contribution in [0.25, 0.3) is 0 Å². The Morgan fingerprint density at radius 1 is 1.20 bits per heavy atom. The van der Waals surface area contributed by atoms with Gasteiger partial charge in [0.2, 0.25) is 0 Å². The molecule has 4 heteroatoms. The summed E-state index contributed by atoms with van der Waals surface area (Å²) in [5.74, 6) is -0.705. The van der Waals surface area contributed by atoms with Gasteiger partial charge in [0.1, 0.15) is 0 Å². The van der Waals surface area contributed by atoms with E-state index in [0.29, 0.717) is 0 Å². The topological polar surface area (TPSA) is 63.1 Å². The third-order valence-electron chi connectivity index (χ3n) is 2.19. The summed E-state index contributed by atoms with van der Waals surface area (Å²) in [6.07, 6.45) is 10.2. The highest BCUT2D eigenvalue weighted by Crippen LogP contribution is 2.06. The van der Waals surface area contributed by atoms with Crippen molar-refractivity contribution in [3.05, 3.63) is 24.3 Å². The third-order valence-corrected chi connectivity index (χ3v) is 2.19. The van der Waals surface area contributed by atoms with Crippen LogP contribution >= 0.6 is 0 Å². The van der Waals surface area contributed by atoms with E-state index in [4.69, 9.17) is 5.11 Å². The minimum Gasteiger partial charge on any atom is -0.481 e. The Kier molecular flexibility index (Phi) is 5.37. The zero-order chi connectivity index (χ0) is 10.9. The molecular formula is C11H16N2O2. The normalized spacial score (nSPS) is 10.1. The Hall–Kier alpha value is -1.45. The molecule has 0 aliphatic carbocycles. The fraction of sp³-hybridized carbons (Fsp3) is 0.545.